The van der Waals surface area contributed by atoms with E-state index in [0.29, 0.717) is 19.3 Å². The molecular formula is C77H128O16P2. The molecule has 0 bridgehead atoms. The maximum atomic E-state index is 12.9. The second-order valence-corrected chi connectivity index (χ2v) is 26.5. The Morgan fingerprint density at radius 1 is 0.305 bits per heavy atom. The van der Waals surface area contributed by atoms with Gasteiger partial charge in [0.05, 0.1) is 26.4 Å². The zero-order valence-corrected chi connectivity index (χ0v) is 60.6. The van der Waals surface area contributed by atoms with Gasteiger partial charge in [-0.1, -0.05) is 250 Å². The molecule has 5 atom stereocenters. The van der Waals surface area contributed by atoms with Crippen LogP contribution in [0.2, 0.25) is 0 Å². The Bertz CT molecular complexity index is 2310. The predicted octanol–water partition coefficient (Wildman–Crippen LogP) is 20.5. The lowest BCUT2D eigenvalue weighted by Gasteiger charge is -2.21. The van der Waals surface area contributed by atoms with Crippen molar-refractivity contribution in [3.63, 3.8) is 0 Å². The third-order valence-corrected chi connectivity index (χ3v) is 16.4. The molecule has 0 radical (unpaired) electrons. The van der Waals surface area contributed by atoms with Crippen LogP contribution in [0.3, 0.4) is 0 Å². The van der Waals surface area contributed by atoms with Crippen molar-refractivity contribution in [1.29, 1.82) is 0 Å². The van der Waals surface area contributed by atoms with Crippen molar-refractivity contribution >= 4 is 33.6 Å². The number of rotatable bonds is 67. The smallest absolute Gasteiger partial charge is 0.463 e. The predicted molar refractivity (Wildman–Crippen MR) is 389 cm³/mol. The van der Waals surface area contributed by atoms with Crippen molar-refractivity contribution in [1.82, 2.24) is 0 Å². The highest BCUT2D eigenvalue weighted by Gasteiger charge is 2.29. The van der Waals surface area contributed by atoms with Gasteiger partial charge in [-0.05, 0) is 141 Å². The van der Waals surface area contributed by atoms with Crippen LogP contribution in [-0.2, 0) is 55.8 Å². The monoisotopic (exact) mass is 1370 g/mol. The van der Waals surface area contributed by atoms with Crippen molar-refractivity contribution in [3.8, 4) is 0 Å². The molecule has 0 spiro atoms. The molecular weight excluding hydrogens is 1240 g/mol. The molecule has 5 unspecified atom stereocenters. The molecule has 0 aromatic heterocycles. The van der Waals surface area contributed by atoms with Gasteiger partial charge in [-0.25, -0.2) is 9.13 Å². The molecule has 0 aromatic carbocycles. The topological polar surface area (TPSA) is 231 Å². The second-order valence-electron chi connectivity index (χ2n) is 23.6. The van der Waals surface area contributed by atoms with E-state index in [0.717, 1.165) is 186 Å². The van der Waals surface area contributed by atoms with Gasteiger partial charge in [0, 0.05) is 19.3 Å². The minimum atomic E-state index is -4.94. The molecule has 0 amide bonds. The Labute approximate surface area is 575 Å². The zero-order valence-electron chi connectivity index (χ0n) is 58.8. The van der Waals surface area contributed by atoms with Crippen molar-refractivity contribution < 1.29 is 75.8 Å². The quantitative estimate of drug-likeness (QED) is 0.0146. The highest BCUT2D eigenvalue weighted by atomic mass is 31.2. The lowest BCUT2D eigenvalue weighted by Crippen LogP contribution is -2.30. The van der Waals surface area contributed by atoms with Crippen molar-refractivity contribution in [2.75, 3.05) is 39.6 Å². The molecule has 0 aliphatic heterocycles. The van der Waals surface area contributed by atoms with E-state index >= 15 is 0 Å². The molecule has 0 rings (SSSR count). The molecule has 0 aliphatic carbocycles. The Hall–Kier alpha value is -4.57. The first kappa shape index (κ1) is 90.4. The summed E-state index contributed by atoms with van der Waals surface area (Å²) in [7, 11) is -9.80. The van der Waals surface area contributed by atoms with Gasteiger partial charge in [0.25, 0.3) is 0 Å². The largest absolute Gasteiger partial charge is 0.472 e. The third kappa shape index (κ3) is 70.6. The van der Waals surface area contributed by atoms with E-state index in [4.69, 9.17) is 32.3 Å². The van der Waals surface area contributed by atoms with Crippen LogP contribution in [-0.4, -0.2) is 95.9 Å². The average Bonchev–Trinajstić information content (AvgIpc) is 2.24. The number of phosphoric ester groups is 2. The summed E-state index contributed by atoms with van der Waals surface area (Å²) in [6.07, 6.45) is 83.1. The summed E-state index contributed by atoms with van der Waals surface area (Å²) < 4.78 is 61.0. The lowest BCUT2D eigenvalue weighted by molar-refractivity contribution is -0.161. The van der Waals surface area contributed by atoms with Crippen LogP contribution in [0.5, 0.6) is 0 Å². The number of esters is 3. The normalized spacial score (nSPS) is 15.0. The van der Waals surface area contributed by atoms with Gasteiger partial charge in [-0.2, -0.15) is 0 Å². The lowest BCUT2D eigenvalue weighted by atomic mass is 10.1. The molecule has 0 saturated heterocycles. The summed E-state index contributed by atoms with van der Waals surface area (Å²) >= 11 is 0. The van der Waals surface area contributed by atoms with Crippen molar-refractivity contribution in [2.45, 2.75) is 283 Å². The SMILES string of the molecule is CC/C=C\C/C=C\C/C=C\C/C=C\C/C=C\C/C=C\CCCCCCCCC(=O)OCC(O)COP(=O)(O)OCC(O)COP(=O)(O)OCC(COC(=O)CCCCCCCC/C=C\C/C=C\C/C=C\C/C=C\CC)OC(=O)CCCCCCC/C=C\C/C=C\CCCCC. The first-order valence-electron chi connectivity index (χ1n) is 36.1. The maximum Gasteiger partial charge on any atom is 0.472 e. The number of unbranched alkanes of at least 4 members (excludes halogenated alkanes) is 20. The van der Waals surface area contributed by atoms with E-state index in [-0.39, 0.29) is 19.3 Å². The number of phosphoric acid groups is 2. The van der Waals surface area contributed by atoms with E-state index in [1.54, 1.807) is 0 Å². The van der Waals surface area contributed by atoms with Crippen LogP contribution in [0, 0.1) is 0 Å². The fourth-order valence-electron chi connectivity index (χ4n) is 9.06. The van der Waals surface area contributed by atoms with Gasteiger partial charge in [-0.15, -0.1) is 0 Å². The Morgan fingerprint density at radius 3 is 0.884 bits per heavy atom. The molecule has 18 heteroatoms. The first-order chi connectivity index (χ1) is 46.2. The van der Waals surface area contributed by atoms with Crippen molar-refractivity contribution in [2.24, 2.45) is 0 Å². The van der Waals surface area contributed by atoms with Crippen LogP contribution in [0.25, 0.3) is 0 Å². The Balaban J connectivity index is 4.65. The van der Waals surface area contributed by atoms with Gasteiger partial charge in [0.1, 0.15) is 25.4 Å². The minimum absolute atomic E-state index is 0.0808. The fraction of sp³-hybridized carbons (Fsp3) is 0.649. The van der Waals surface area contributed by atoms with E-state index in [9.17, 15) is 43.5 Å². The number of aliphatic hydroxyl groups excluding tert-OH is 2. The number of hydrogen-bond donors (Lipinski definition) is 4. The van der Waals surface area contributed by atoms with Gasteiger partial charge in [-0.3, -0.25) is 32.5 Å². The van der Waals surface area contributed by atoms with E-state index in [1.807, 2.05) is 0 Å². The average molecular weight is 1370 g/mol. The molecule has 16 nitrogen and oxygen atoms in total. The number of hydrogen-bond acceptors (Lipinski definition) is 14. The molecule has 95 heavy (non-hydrogen) atoms. The van der Waals surface area contributed by atoms with Gasteiger partial charge < -0.3 is 34.2 Å². The summed E-state index contributed by atoms with van der Waals surface area (Å²) in [4.78, 5) is 58.5. The third-order valence-electron chi connectivity index (χ3n) is 14.5. The zero-order chi connectivity index (χ0) is 69.5. The number of ether oxygens (including phenoxy) is 3. The van der Waals surface area contributed by atoms with Crippen LogP contribution in [0.4, 0.5) is 0 Å². The second kappa shape index (κ2) is 69.3. The van der Waals surface area contributed by atoms with E-state index in [1.165, 1.54) is 19.3 Å². The number of allylic oxidation sites excluding steroid dienone is 24. The summed E-state index contributed by atoms with van der Waals surface area (Å²) in [5.41, 5.74) is 0. The first-order valence-corrected chi connectivity index (χ1v) is 39.1. The van der Waals surface area contributed by atoms with Crippen LogP contribution >= 0.6 is 15.6 Å². The molecule has 0 fully saturated rings. The van der Waals surface area contributed by atoms with Crippen molar-refractivity contribution in [3.05, 3.63) is 146 Å². The number of carbonyl (C=O) groups is 3. The number of carbonyl (C=O) groups excluding carboxylic acids is 3. The number of aliphatic hydroxyl groups is 2. The molecule has 4 N–H and O–H groups in total. The van der Waals surface area contributed by atoms with Gasteiger partial charge in [0.2, 0.25) is 0 Å². The molecule has 0 aliphatic rings. The molecule has 0 heterocycles. The molecule has 542 valence electrons. The summed E-state index contributed by atoms with van der Waals surface area (Å²) in [5, 5.41) is 20.6. The summed E-state index contributed by atoms with van der Waals surface area (Å²) in [5.74, 6) is -1.63. The van der Waals surface area contributed by atoms with Gasteiger partial charge in [0.15, 0.2) is 6.10 Å². The van der Waals surface area contributed by atoms with Gasteiger partial charge >= 0.3 is 33.6 Å². The minimum Gasteiger partial charge on any atom is -0.463 e. The summed E-state index contributed by atoms with van der Waals surface area (Å²) in [6, 6.07) is 0. The van der Waals surface area contributed by atoms with E-state index in [2.05, 4.69) is 167 Å². The fourth-order valence-corrected chi connectivity index (χ4v) is 10.6. The Morgan fingerprint density at radius 2 is 0.558 bits per heavy atom. The molecule has 0 aromatic rings. The summed E-state index contributed by atoms with van der Waals surface area (Å²) in [6.45, 7) is 2.35. The van der Waals surface area contributed by atoms with Crippen LogP contribution in [0.1, 0.15) is 265 Å². The standard InChI is InChI=1S/C77H128O16P2/c1-4-7-10-13-16-19-22-25-28-30-32-33-34-35-36-37-39-41-43-45-48-51-54-57-60-63-75(80)87-66-72(78)67-89-94(83,84)90-68-73(79)69-91-95(85,86)92-71-74(93-77(82)65-62-59-56-53-50-47-42-27-24-21-18-15-12-9-6-3)70-88-76(81)64-61-58-55-52-49-46-44-40-38-31-29-26-23-20-17-14-11-8-5-2/h7-8,10-11,16-21,25-29,32-33,35-36,38-42,72-74,78-79H,4-6,9,12-15,22-24,30-31,34,37,43-71H2,1-3H3,(H,83,84)(H,85,86)/b10-7-,11-8-,19-16-,20-17-,21-18-,28-25-,29-26-,33-32-,36-35-,40-38-,41-39-,42-27-. The van der Waals surface area contributed by atoms with Crippen LogP contribution < -0.4 is 0 Å². The molecule has 0 saturated carbocycles. The maximum absolute atomic E-state index is 12.9. The van der Waals surface area contributed by atoms with E-state index < -0.39 is 91.5 Å². The highest BCUT2D eigenvalue weighted by molar-refractivity contribution is 7.47. The highest BCUT2D eigenvalue weighted by Crippen LogP contribution is 2.45. The Kier molecular flexibility index (Phi) is 66.0. The van der Waals surface area contributed by atoms with Crippen LogP contribution in [0.15, 0.2) is 146 Å².